The minimum atomic E-state index is -0.363. The molecular formula is C27H41NO3. The molecule has 0 radical (unpaired) electrons. The van der Waals surface area contributed by atoms with E-state index in [4.69, 9.17) is 4.74 Å². The van der Waals surface area contributed by atoms with Crippen LogP contribution in [-0.4, -0.2) is 36.2 Å². The molecule has 0 saturated heterocycles. The molecule has 5 unspecified atom stereocenters. The minimum absolute atomic E-state index is 0.0778. The van der Waals surface area contributed by atoms with Crippen LogP contribution in [-0.2, 0) is 9.53 Å². The molecule has 172 valence electrons. The molecule has 2 N–H and O–H groups in total. The van der Waals surface area contributed by atoms with E-state index in [2.05, 4.69) is 30.6 Å². The summed E-state index contributed by atoms with van der Waals surface area (Å²) in [5.41, 5.74) is 4.34. The Labute approximate surface area is 188 Å². The first-order valence-corrected chi connectivity index (χ1v) is 12.5. The molecule has 1 aliphatic heterocycles. The van der Waals surface area contributed by atoms with Gasteiger partial charge >= 0.3 is 0 Å². The first-order chi connectivity index (χ1) is 14.9. The van der Waals surface area contributed by atoms with Crippen molar-refractivity contribution in [2.75, 3.05) is 7.11 Å². The van der Waals surface area contributed by atoms with Crippen LogP contribution in [0.2, 0.25) is 0 Å². The van der Waals surface area contributed by atoms with E-state index in [0.717, 1.165) is 38.0 Å². The van der Waals surface area contributed by atoms with Crippen molar-refractivity contribution in [3.05, 3.63) is 35.1 Å². The van der Waals surface area contributed by atoms with Crippen molar-refractivity contribution < 1.29 is 14.6 Å². The number of nitrogens with one attached hydrogen (secondary N) is 1. The number of Topliss-reactive ketones (excluding diaryl/α,β-unsaturated/α-hetero) is 1. The van der Waals surface area contributed by atoms with E-state index < -0.39 is 0 Å². The van der Waals surface area contributed by atoms with E-state index in [1.54, 1.807) is 0 Å². The molecule has 0 amide bonds. The molecule has 0 aromatic carbocycles. The van der Waals surface area contributed by atoms with Crippen LogP contribution in [0.4, 0.5) is 0 Å². The van der Waals surface area contributed by atoms with Gasteiger partial charge in [-0.2, -0.15) is 0 Å². The molecule has 31 heavy (non-hydrogen) atoms. The number of ether oxygens (including phenoxy) is 1. The van der Waals surface area contributed by atoms with Gasteiger partial charge < -0.3 is 15.2 Å². The van der Waals surface area contributed by atoms with Gasteiger partial charge in [-0.3, -0.25) is 4.79 Å². The monoisotopic (exact) mass is 427 g/mol. The summed E-state index contributed by atoms with van der Waals surface area (Å²) in [4.78, 5) is 12.3. The van der Waals surface area contributed by atoms with Gasteiger partial charge in [0.05, 0.1) is 12.2 Å². The van der Waals surface area contributed by atoms with E-state index in [9.17, 15) is 9.90 Å². The van der Waals surface area contributed by atoms with Gasteiger partial charge in [-0.05, 0) is 80.0 Å². The number of aliphatic hydroxyl groups is 1. The predicted octanol–water partition coefficient (Wildman–Crippen LogP) is 4.94. The molecule has 0 bridgehead atoms. The number of carbonyl (C=O) groups is 1. The highest BCUT2D eigenvalue weighted by Crippen LogP contribution is 2.44. The summed E-state index contributed by atoms with van der Waals surface area (Å²) in [5.74, 6) is 1.78. The van der Waals surface area contributed by atoms with Gasteiger partial charge in [-0.15, -0.1) is 0 Å². The summed E-state index contributed by atoms with van der Waals surface area (Å²) in [5, 5.41) is 14.7. The van der Waals surface area contributed by atoms with Crippen LogP contribution in [0, 0.1) is 29.6 Å². The van der Waals surface area contributed by atoms with E-state index >= 15 is 0 Å². The number of hydrogen-bond donors (Lipinski definition) is 2. The fourth-order valence-electron chi connectivity index (χ4n) is 5.99. The lowest BCUT2D eigenvalue weighted by Crippen LogP contribution is -2.48. The summed E-state index contributed by atoms with van der Waals surface area (Å²) < 4.78 is 5.75. The van der Waals surface area contributed by atoms with Gasteiger partial charge in [-0.25, -0.2) is 0 Å². The second kappa shape index (κ2) is 9.62. The van der Waals surface area contributed by atoms with Crippen LogP contribution in [0.15, 0.2) is 35.1 Å². The van der Waals surface area contributed by atoms with Crippen LogP contribution in [0.25, 0.3) is 0 Å². The number of methoxy groups -OCH3 is 1. The highest BCUT2D eigenvalue weighted by atomic mass is 16.5. The first-order valence-electron chi connectivity index (χ1n) is 12.5. The normalized spacial score (nSPS) is 33.9. The number of hydrogen-bond acceptors (Lipinski definition) is 4. The third-order valence-electron chi connectivity index (χ3n) is 8.33. The highest BCUT2D eigenvalue weighted by Gasteiger charge is 2.45. The van der Waals surface area contributed by atoms with E-state index in [-0.39, 0.29) is 35.8 Å². The molecule has 4 rings (SSSR count). The maximum absolute atomic E-state index is 12.3. The van der Waals surface area contributed by atoms with Crippen molar-refractivity contribution in [2.24, 2.45) is 29.6 Å². The Morgan fingerprint density at radius 3 is 2.61 bits per heavy atom. The van der Waals surface area contributed by atoms with Crippen molar-refractivity contribution in [1.82, 2.24) is 5.32 Å². The average Bonchev–Trinajstić information content (AvgIpc) is 3.51. The molecule has 0 aromatic rings. The summed E-state index contributed by atoms with van der Waals surface area (Å²) in [6.45, 7) is 6.08. The van der Waals surface area contributed by atoms with E-state index in [0.29, 0.717) is 18.3 Å². The Kier molecular flexibility index (Phi) is 7.07. The number of ketones is 1. The van der Waals surface area contributed by atoms with Gasteiger partial charge in [0.15, 0.2) is 0 Å². The average molecular weight is 428 g/mol. The van der Waals surface area contributed by atoms with Crippen LogP contribution in [0.5, 0.6) is 0 Å². The third kappa shape index (κ3) is 5.01. The van der Waals surface area contributed by atoms with E-state index in [1.165, 1.54) is 29.6 Å². The van der Waals surface area contributed by atoms with Crippen molar-refractivity contribution in [3.8, 4) is 0 Å². The molecule has 2 fully saturated rings. The summed E-state index contributed by atoms with van der Waals surface area (Å²) in [6.07, 6.45) is 15.3. The molecule has 3 aliphatic carbocycles. The summed E-state index contributed by atoms with van der Waals surface area (Å²) in [7, 11) is 1.85. The Bertz CT molecular complexity index is 760. The molecule has 4 aliphatic rings. The van der Waals surface area contributed by atoms with Gasteiger partial charge in [0.25, 0.3) is 0 Å². The maximum Gasteiger partial charge on any atom is 0.135 e. The quantitative estimate of drug-likeness (QED) is 0.547. The van der Waals surface area contributed by atoms with Crippen LogP contribution in [0.1, 0.15) is 72.1 Å². The standard InChI is InChI=1S/C27H41NO3/c1-16(2)24(29)14-22-13-23-25(26(30)17(22)3)21(15-28-23)10-7-18-5-8-19(9-6-18)27(31-4)20-11-12-20/h5,8,15-17,20,22-23,25-28,30H,6-7,9-14H2,1-4H3/t17?,22-,23?,25?,26?,27?/m0/s1. The molecular weight excluding hydrogens is 386 g/mol. The van der Waals surface area contributed by atoms with Gasteiger partial charge in [0.1, 0.15) is 5.78 Å². The van der Waals surface area contributed by atoms with Crippen molar-refractivity contribution in [3.63, 3.8) is 0 Å². The molecule has 6 atom stereocenters. The summed E-state index contributed by atoms with van der Waals surface area (Å²) in [6, 6.07) is 0.277. The Morgan fingerprint density at radius 1 is 1.23 bits per heavy atom. The number of carbonyl (C=O) groups excluding carboxylic acids is 1. The fraction of sp³-hybridized carbons (Fsp3) is 0.741. The lowest BCUT2D eigenvalue weighted by atomic mass is 9.66. The zero-order valence-electron chi connectivity index (χ0n) is 19.8. The third-order valence-corrected chi connectivity index (χ3v) is 8.33. The van der Waals surface area contributed by atoms with Gasteiger partial charge in [-0.1, -0.05) is 38.5 Å². The van der Waals surface area contributed by atoms with Crippen molar-refractivity contribution >= 4 is 5.78 Å². The predicted molar refractivity (Wildman–Crippen MR) is 124 cm³/mol. The fourth-order valence-corrected chi connectivity index (χ4v) is 5.99. The van der Waals surface area contributed by atoms with Crippen molar-refractivity contribution in [1.29, 1.82) is 0 Å². The molecule has 2 saturated carbocycles. The largest absolute Gasteiger partial charge is 0.392 e. The topological polar surface area (TPSA) is 58.6 Å². The summed E-state index contributed by atoms with van der Waals surface area (Å²) >= 11 is 0. The Hall–Kier alpha value is -1.39. The molecule has 0 spiro atoms. The van der Waals surface area contributed by atoms with Gasteiger partial charge in [0.2, 0.25) is 0 Å². The number of fused-ring (bicyclic) bond motifs is 1. The van der Waals surface area contributed by atoms with Crippen LogP contribution in [0.3, 0.4) is 0 Å². The lowest BCUT2D eigenvalue weighted by molar-refractivity contribution is -0.124. The molecule has 1 heterocycles. The number of allylic oxidation sites excluding steroid dienone is 3. The molecule has 0 aromatic heterocycles. The second-order valence-corrected chi connectivity index (χ2v) is 10.7. The van der Waals surface area contributed by atoms with E-state index in [1.807, 2.05) is 21.0 Å². The number of rotatable bonds is 9. The zero-order chi connectivity index (χ0) is 22.1. The Balaban J connectivity index is 1.32. The smallest absolute Gasteiger partial charge is 0.135 e. The lowest BCUT2D eigenvalue weighted by Gasteiger charge is -2.42. The van der Waals surface area contributed by atoms with Crippen LogP contribution >= 0.6 is 0 Å². The number of aliphatic hydroxyl groups excluding tert-OH is 1. The SMILES string of the molecule is COC(C1=CC=C(CCC2=CNC3C[C@@H](CC(=O)C(C)C)C(C)C(O)C23)CC1)C1CC1. The van der Waals surface area contributed by atoms with Crippen LogP contribution < -0.4 is 5.32 Å². The minimum Gasteiger partial charge on any atom is -0.392 e. The van der Waals surface area contributed by atoms with Gasteiger partial charge in [0, 0.05) is 31.4 Å². The first kappa shape index (κ1) is 22.8. The van der Waals surface area contributed by atoms with Crippen molar-refractivity contribution in [2.45, 2.75) is 90.4 Å². The Morgan fingerprint density at radius 2 is 2.00 bits per heavy atom. The highest BCUT2D eigenvalue weighted by molar-refractivity contribution is 5.80. The molecule has 4 nitrogen and oxygen atoms in total. The maximum atomic E-state index is 12.3. The second-order valence-electron chi connectivity index (χ2n) is 10.7. The molecule has 4 heteroatoms. The zero-order valence-corrected chi connectivity index (χ0v) is 19.8.